The summed E-state index contributed by atoms with van der Waals surface area (Å²) in [5, 5.41) is 2.79. The second-order valence-corrected chi connectivity index (χ2v) is 9.23. The number of hydrogen-bond acceptors (Lipinski definition) is 5. The van der Waals surface area contributed by atoms with E-state index >= 15 is 0 Å². The molecule has 0 spiro atoms. The van der Waals surface area contributed by atoms with Crippen LogP contribution in [0.4, 0.5) is 5.69 Å². The third kappa shape index (κ3) is 3.39. The van der Waals surface area contributed by atoms with Gasteiger partial charge in [-0.15, -0.1) is 0 Å². The molecule has 1 amide bonds. The van der Waals surface area contributed by atoms with Crippen LogP contribution in [0.1, 0.15) is 29.8 Å². The first-order valence-electron chi connectivity index (χ1n) is 9.13. The second kappa shape index (κ2) is 6.88. The van der Waals surface area contributed by atoms with E-state index in [4.69, 9.17) is 9.47 Å². The number of carbonyl (C=O) groups is 1. The molecule has 1 saturated heterocycles. The zero-order valence-electron chi connectivity index (χ0n) is 15.9. The summed E-state index contributed by atoms with van der Waals surface area (Å²) in [6.45, 7) is 6.16. The molecular weight excluding hydrogens is 380 g/mol. The Morgan fingerprint density at radius 3 is 2.46 bits per heavy atom. The Balaban J connectivity index is 1.71. The van der Waals surface area contributed by atoms with Gasteiger partial charge >= 0.3 is 0 Å². The Labute approximate surface area is 164 Å². The van der Waals surface area contributed by atoms with Gasteiger partial charge in [-0.25, -0.2) is 8.42 Å². The first-order chi connectivity index (χ1) is 13.2. The summed E-state index contributed by atoms with van der Waals surface area (Å²) >= 11 is 0. The lowest BCUT2D eigenvalue weighted by molar-refractivity contribution is -0.0440. The summed E-state index contributed by atoms with van der Waals surface area (Å²) in [5.41, 5.74) is 1.72. The first kappa shape index (κ1) is 18.9. The van der Waals surface area contributed by atoms with Gasteiger partial charge in [-0.3, -0.25) is 4.79 Å². The van der Waals surface area contributed by atoms with Gasteiger partial charge in [-0.2, -0.15) is 4.31 Å². The highest BCUT2D eigenvalue weighted by Gasteiger charge is 2.33. The fourth-order valence-electron chi connectivity index (χ4n) is 3.54. The van der Waals surface area contributed by atoms with E-state index in [1.165, 1.54) is 22.5 Å². The van der Waals surface area contributed by atoms with Crippen molar-refractivity contribution < 1.29 is 22.7 Å². The molecule has 0 aliphatic carbocycles. The van der Waals surface area contributed by atoms with E-state index in [9.17, 15) is 13.2 Å². The molecule has 28 heavy (non-hydrogen) atoms. The van der Waals surface area contributed by atoms with Crippen LogP contribution in [-0.4, -0.2) is 43.9 Å². The molecule has 2 aliphatic heterocycles. The number of nitrogens with zero attached hydrogens (tertiary/aromatic N) is 1. The summed E-state index contributed by atoms with van der Waals surface area (Å²) in [5.74, 6) is 0.446. The Bertz CT molecular complexity index is 1040. The van der Waals surface area contributed by atoms with Crippen LogP contribution >= 0.6 is 0 Å². The zero-order chi connectivity index (χ0) is 20.1. The SMILES string of the molecule is Cc1ccc2c(c1)Oc1ccc(S(=O)(=O)N3CC(C)OC(C)C3)cc1C(=O)N2. The van der Waals surface area contributed by atoms with E-state index in [0.29, 0.717) is 17.2 Å². The minimum atomic E-state index is -3.75. The maximum Gasteiger partial charge on any atom is 0.259 e. The molecule has 2 heterocycles. The van der Waals surface area contributed by atoms with Crippen LogP contribution in [0.2, 0.25) is 0 Å². The average molecular weight is 402 g/mol. The average Bonchev–Trinajstić information content (AvgIpc) is 2.76. The van der Waals surface area contributed by atoms with Crippen molar-refractivity contribution in [2.24, 2.45) is 0 Å². The molecule has 2 unspecified atom stereocenters. The molecule has 1 fully saturated rings. The second-order valence-electron chi connectivity index (χ2n) is 7.29. The summed E-state index contributed by atoms with van der Waals surface area (Å²) in [6, 6.07) is 9.85. The van der Waals surface area contributed by atoms with Crippen LogP contribution in [0.3, 0.4) is 0 Å². The summed E-state index contributed by atoms with van der Waals surface area (Å²) in [6.07, 6.45) is -0.382. The fraction of sp³-hybridized carbons (Fsp3) is 0.350. The minimum absolute atomic E-state index is 0.0634. The normalized spacial score (nSPS) is 22.5. The molecule has 0 radical (unpaired) electrons. The van der Waals surface area contributed by atoms with Gasteiger partial charge < -0.3 is 14.8 Å². The molecule has 148 valence electrons. The van der Waals surface area contributed by atoms with E-state index in [1.807, 2.05) is 32.9 Å². The largest absolute Gasteiger partial charge is 0.454 e. The third-order valence-electron chi connectivity index (χ3n) is 4.82. The smallest absolute Gasteiger partial charge is 0.259 e. The predicted molar refractivity (Wildman–Crippen MR) is 104 cm³/mol. The molecule has 0 aromatic heterocycles. The number of benzene rings is 2. The highest BCUT2D eigenvalue weighted by atomic mass is 32.2. The first-order valence-corrected chi connectivity index (χ1v) is 10.6. The molecule has 2 aromatic carbocycles. The Morgan fingerprint density at radius 2 is 1.75 bits per heavy atom. The number of anilines is 1. The number of morpholine rings is 1. The molecule has 0 saturated carbocycles. The summed E-state index contributed by atoms with van der Waals surface area (Å²) in [7, 11) is -3.75. The van der Waals surface area contributed by atoms with Crippen LogP contribution in [-0.2, 0) is 14.8 Å². The van der Waals surface area contributed by atoms with Gasteiger partial charge in [0, 0.05) is 13.1 Å². The van der Waals surface area contributed by atoms with E-state index in [2.05, 4.69) is 5.32 Å². The van der Waals surface area contributed by atoms with Gasteiger partial charge in [-0.05, 0) is 56.7 Å². The number of aryl methyl sites for hydroxylation is 1. The lowest BCUT2D eigenvalue weighted by Gasteiger charge is -2.34. The number of amides is 1. The molecule has 0 bridgehead atoms. The van der Waals surface area contributed by atoms with E-state index in [0.717, 1.165) is 5.56 Å². The highest BCUT2D eigenvalue weighted by molar-refractivity contribution is 7.89. The van der Waals surface area contributed by atoms with Crippen molar-refractivity contribution >= 4 is 21.6 Å². The number of fused-ring (bicyclic) bond motifs is 2. The number of sulfonamides is 1. The van der Waals surface area contributed by atoms with Crippen LogP contribution in [0.5, 0.6) is 11.5 Å². The maximum atomic E-state index is 13.1. The van der Waals surface area contributed by atoms with Crippen LogP contribution < -0.4 is 10.1 Å². The Morgan fingerprint density at radius 1 is 1.04 bits per heavy atom. The van der Waals surface area contributed by atoms with Gasteiger partial charge in [-0.1, -0.05) is 6.07 Å². The monoisotopic (exact) mass is 402 g/mol. The summed E-state index contributed by atoms with van der Waals surface area (Å²) in [4.78, 5) is 12.8. The highest BCUT2D eigenvalue weighted by Crippen LogP contribution is 2.37. The van der Waals surface area contributed by atoms with Crippen molar-refractivity contribution in [3.8, 4) is 11.5 Å². The van der Waals surface area contributed by atoms with Gasteiger partial charge in [0.15, 0.2) is 5.75 Å². The van der Waals surface area contributed by atoms with Crippen molar-refractivity contribution in [2.45, 2.75) is 37.9 Å². The van der Waals surface area contributed by atoms with Crippen LogP contribution in [0, 0.1) is 6.92 Å². The van der Waals surface area contributed by atoms with Crippen molar-refractivity contribution in [1.82, 2.24) is 4.31 Å². The molecule has 4 rings (SSSR count). The quantitative estimate of drug-likeness (QED) is 0.834. The number of hydrogen-bond donors (Lipinski definition) is 1. The third-order valence-corrected chi connectivity index (χ3v) is 6.65. The lowest BCUT2D eigenvalue weighted by Crippen LogP contribution is -2.48. The van der Waals surface area contributed by atoms with Gasteiger partial charge in [0.2, 0.25) is 10.0 Å². The summed E-state index contributed by atoms with van der Waals surface area (Å²) < 4.78 is 39.2. The van der Waals surface area contributed by atoms with Crippen molar-refractivity contribution in [2.75, 3.05) is 18.4 Å². The Hall–Kier alpha value is -2.42. The molecule has 2 atom stereocenters. The van der Waals surface area contributed by atoms with E-state index in [1.54, 1.807) is 6.07 Å². The standard InChI is InChI=1S/C20H22N2O5S/c1-12-4-6-17-19(8-12)27-18-7-5-15(9-16(18)20(23)21-17)28(24,25)22-10-13(2)26-14(3)11-22/h4-9,13-14H,10-11H2,1-3H3,(H,21,23). The van der Waals surface area contributed by atoms with Crippen LogP contribution in [0.15, 0.2) is 41.3 Å². The molecular formula is C20H22N2O5S. The van der Waals surface area contributed by atoms with Crippen molar-refractivity contribution in [3.05, 3.63) is 47.5 Å². The van der Waals surface area contributed by atoms with Gasteiger partial charge in [0.05, 0.1) is 28.4 Å². The predicted octanol–water partition coefficient (Wildman–Crippen LogP) is 3.15. The lowest BCUT2D eigenvalue weighted by atomic mass is 10.2. The molecule has 2 aliphatic rings. The molecule has 1 N–H and O–H groups in total. The zero-order valence-corrected chi connectivity index (χ0v) is 16.7. The van der Waals surface area contributed by atoms with E-state index < -0.39 is 15.9 Å². The van der Waals surface area contributed by atoms with Crippen molar-refractivity contribution in [1.29, 1.82) is 0 Å². The van der Waals surface area contributed by atoms with Crippen molar-refractivity contribution in [3.63, 3.8) is 0 Å². The molecule has 8 heteroatoms. The topological polar surface area (TPSA) is 84.9 Å². The Kier molecular flexibility index (Phi) is 4.65. The number of ether oxygens (including phenoxy) is 2. The van der Waals surface area contributed by atoms with Gasteiger partial charge in [0.25, 0.3) is 5.91 Å². The maximum absolute atomic E-state index is 13.1. The minimum Gasteiger partial charge on any atom is -0.454 e. The van der Waals surface area contributed by atoms with Crippen LogP contribution in [0.25, 0.3) is 0 Å². The number of rotatable bonds is 2. The molecule has 7 nitrogen and oxygen atoms in total. The molecule has 2 aromatic rings. The fourth-order valence-corrected chi connectivity index (χ4v) is 5.15. The van der Waals surface area contributed by atoms with E-state index in [-0.39, 0.29) is 35.8 Å². The number of carbonyl (C=O) groups excluding carboxylic acids is 1. The van der Waals surface area contributed by atoms with Gasteiger partial charge in [0.1, 0.15) is 5.75 Å². The number of nitrogens with one attached hydrogen (secondary N) is 1.